The lowest BCUT2D eigenvalue weighted by Crippen LogP contribution is -1.99. The molecule has 108 valence electrons. The van der Waals surface area contributed by atoms with E-state index in [-0.39, 0.29) is 6.61 Å². The molecule has 2 rings (SSSR count). The number of aryl methyl sites for hydroxylation is 1. The van der Waals surface area contributed by atoms with Gasteiger partial charge in [-0.1, -0.05) is 20.3 Å². The Balaban J connectivity index is 2.08. The van der Waals surface area contributed by atoms with Crippen LogP contribution in [0.15, 0.2) is 34.5 Å². The molecule has 20 heavy (non-hydrogen) atoms. The van der Waals surface area contributed by atoms with Gasteiger partial charge < -0.3 is 9.15 Å². The molecule has 2 aromatic rings. The molecule has 0 aliphatic rings. The summed E-state index contributed by atoms with van der Waals surface area (Å²) in [7, 11) is 0. The third-order valence-electron chi connectivity index (χ3n) is 3.18. The van der Waals surface area contributed by atoms with E-state index >= 15 is 0 Å². The zero-order valence-electron chi connectivity index (χ0n) is 12.0. The van der Waals surface area contributed by atoms with Crippen molar-refractivity contribution in [1.82, 2.24) is 4.98 Å². The molecule has 1 aromatic heterocycles. The molecule has 3 nitrogen and oxygen atoms in total. The summed E-state index contributed by atoms with van der Waals surface area (Å²) in [5, 5.41) is 0. The fourth-order valence-electron chi connectivity index (χ4n) is 1.86. The minimum absolute atomic E-state index is 0.259. The second kappa shape index (κ2) is 7.08. The second-order valence-corrected chi connectivity index (χ2v) is 4.75. The Hall–Kier alpha value is -1.84. The summed E-state index contributed by atoms with van der Waals surface area (Å²) in [6.07, 6.45) is 4.28. The summed E-state index contributed by atoms with van der Waals surface area (Å²) in [4.78, 5) is 4.43. The van der Waals surface area contributed by atoms with Gasteiger partial charge in [0.05, 0.1) is 6.33 Å². The number of rotatable bonds is 7. The summed E-state index contributed by atoms with van der Waals surface area (Å²) in [6, 6.07) is 5.51. The molecule has 1 aromatic carbocycles. The van der Waals surface area contributed by atoms with Gasteiger partial charge >= 0.3 is 0 Å². The zero-order chi connectivity index (χ0) is 14.4. The van der Waals surface area contributed by atoms with Crippen LogP contribution in [0.2, 0.25) is 0 Å². The van der Waals surface area contributed by atoms with Crippen molar-refractivity contribution in [3.05, 3.63) is 36.0 Å². The van der Waals surface area contributed by atoms with Gasteiger partial charge in [0.2, 0.25) is 0 Å². The van der Waals surface area contributed by atoms with E-state index in [1.807, 2.05) is 25.1 Å². The molecule has 0 atom stereocenters. The summed E-state index contributed by atoms with van der Waals surface area (Å²) in [6.45, 7) is 4.29. The van der Waals surface area contributed by atoms with E-state index in [0.717, 1.165) is 36.3 Å². The summed E-state index contributed by atoms with van der Waals surface area (Å²) in [5.41, 5.74) is 2.18. The van der Waals surface area contributed by atoms with Crippen molar-refractivity contribution >= 4 is 11.1 Å². The first-order chi connectivity index (χ1) is 9.76. The van der Waals surface area contributed by atoms with E-state index in [1.165, 1.54) is 0 Å². The lowest BCUT2D eigenvalue weighted by atomic mass is 10.2. The minimum Gasteiger partial charge on any atom is -0.489 e. The van der Waals surface area contributed by atoms with Crippen LogP contribution < -0.4 is 4.74 Å². The van der Waals surface area contributed by atoms with Gasteiger partial charge in [0.15, 0.2) is 11.5 Å². The highest BCUT2D eigenvalue weighted by atomic mass is 19.1. The van der Waals surface area contributed by atoms with Crippen LogP contribution in [0.4, 0.5) is 4.39 Å². The Morgan fingerprint density at radius 2 is 2.25 bits per heavy atom. The standard InChI is InChI=1S/C16H20FNO2/c1-3-5-6-16-18-14-8-7-13(9-15(14)20-16)19-11-12(4-2)10-17/h7-10H,3-6,11H2,1-2H3/b12-10-. The van der Waals surface area contributed by atoms with Crippen LogP contribution in [0, 0.1) is 0 Å². The Labute approximate surface area is 118 Å². The highest BCUT2D eigenvalue weighted by Crippen LogP contribution is 2.23. The first-order valence-electron chi connectivity index (χ1n) is 7.07. The molecule has 0 fully saturated rings. The van der Waals surface area contributed by atoms with Crippen molar-refractivity contribution in [3.8, 4) is 5.75 Å². The molecule has 0 amide bonds. The molecule has 0 unspecified atom stereocenters. The summed E-state index contributed by atoms with van der Waals surface area (Å²) >= 11 is 0. The molecule has 0 aliphatic carbocycles. The van der Waals surface area contributed by atoms with Gasteiger partial charge in [0, 0.05) is 12.5 Å². The number of unbranched alkanes of at least 4 members (excludes halogenated alkanes) is 1. The van der Waals surface area contributed by atoms with Crippen LogP contribution in [-0.4, -0.2) is 11.6 Å². The lowest BCUT2D eigenvalue weighted by molar-refractivity contribution is 0.345. The number of benzene rings is 1. The van der Waals surface area contributed by atoms with E-state index < -0.39 is 0 Å². The molecule has 1 heterocycles. The maximum atomic E-state index is 12.5. The fourth-order valence-corrected chi connectivity index (χ4v) is 1.86. The SMILES string of the molecule is CCCCc1nc2ccc(OC/C(=C\F)CC)cc2o1. The van der Waals surface area contributed by atoms with Gasteiger partial charge in [0.25, 0.3) is 0 Å². The highest BCUT2D eigenvalue weighted by molar-refractivity contribution is 5.74. The smallest absolute Gasteiger partial charge is 0.195 e. The zero-order valence-corrected chi connectivity index (χ0v) is 12.0. The third kappa shape index (κ3) is 3.59. The molecule has 4 heteroatoms. The second-order valence-electron chi connectivity index (χ2n) is 4.75. The summed E-state index contributed by atoms with van der Waals surface area (Å²) < 4.78 is 23.7. The van der Waals surface area contributed by atoms with Crippen molar-refractivity contribution < 1.29 is 13.5 Å². The average molecular weight is 277 g/mol. The third-order valence-corrected chi connectivity index (χ3v) is 3.18. The first kappa shape index (κ1) is 14.6. The number of fused-ring (bicyclic) bond motifs is 1. The monoisotopic (exact) mass is 277 g/mol. The molecular weight excluding hydrogens is 257 g/mol. The number of hydrogen-bond donors (Lipinski definition) is 0. The molecule has 0 aliphatic heterocycles. The van der Waals surface area contributed by atoms with Crippen molar-refractivity contribution in [2.24, 2.45) is 0 Å². The van der Waals surface area contributed by atoms with E-state index in [9.17, 15) is 4.39 Å². The molecule has 0 saturated carbocycles. The van der Waals surface area contributed by atoms with Crippen molar-refractivity contribution in [2.75, 3.05) is 6.61 Å². The van der Waals surface area contributed by atoms with Gasteiger partial charge in [-0.05, 0) is 30.5 Å². The van der Waals surface area contributed by atoms with Crippen LogP contribution in [0.5, 0.6) is 5.75 Å². The molecule has 0 N–H and O–H groups in total. The van der Waals surface area contributed by atoms with Gasteiger partial charge in [-0.2, -0.15) is 0 Å². The topological polar surface area (TPSA) is 35.3 Å². The number of hydrogen-bond acceptors (Lipinski definition) is 3. The van der Waals surface area contributed by atoms with Gasteiger partial charge in [-0.3, -0.25) is 0 Å². The molecule has 0 spiro atoms. The predicted molar refractivity (Wildman–Crippen MR) is 77.6 cm³/mol. The predicted octanol–water partition coefficient (Wildman–Crippen LogP) is 4.81. The minimum atomic E-state index is 0.259. The van der Waals surface area contributed by atoms with Crippen LogP contribution in [0.25, 0.3) is 11.1 Å². The number of halogens is 1. The maximum Gasteiger partial charge on any atom is 0.195 e. The number of aromatic nitrogens is 1. The highest BCUT2D eigenvalue weighted by Gasteiger charge is 2.07. The largest absolute Gasteiger partial charge is 0.489 e. The van der Waals surface area contributed by atoms with E-state index in [2.05, 4.69) is 11.9 Å². The van der Waals surface area contributed by atoms with Crippen molar-refractivity contribution in [1.29, 1.82) is 0 Å². The Bertz CT molecular complexity index is 589. The fraction of sp³-hybridized carbons (Fsp3) is 0.438. The molecule has 0 saturated heterocycles. The molecular formula is C16H20FNO2. The van der Waals surface area contributed by atoms with Crippen LogP contribution in [-0.2, 0) is 6.42 Å². The molecule has 0 bridgehead atoms. The van der Waals surface area contributed by atoms with Crippen LogP contribution in [0.1, 0.15) is 39.0 Å². The van der Waals surface area contributed by atoms with Crippen LogP contribution in [0.3, 0.4) is 0 Å². The van der Waals surface area contributed by atoms with Gasteiger partial charge in [-0.25, -0.2) is 9.37 Å². The Morgan fingerprint density at radius 1 is 1.40 bits per heavy atom. The van der Waals surface area contributed by atoms with E-state index in [0.29, 0.717) is 24.1 Å². The van der Waals surface area contributed by atoms with E-state index in [4.69, 9.17) is 9.15 Å². The Morgan fingerprint density at radius 3 is 2.95 bits per heavy atom. The first-order valence-corrected chi connectivity index (χ1v) is 7.07. The van der Waals surface area contributed by atoms with Crippen LogP contribution >= 0.6 is 0 Å². The number of ether oxygens (including phenoxy) is 1. The maximum absolute atomic E-state index is 12.5. The van der Waals surface area contributed by atoms with Crippen molar-refractivity contribution in [3.63, 3.8) is 0 Å². The molecule has 0 radical (unpaired) electrons. The average Bonchev–Trinajstić information content (AvgIpc) is 2.88. The Kier molecular flexibility index (Phi) is 5.16. The number of nitrogens with zero attached hydrogens (tertiary/aromatic N) is 1. The normalized spacial score (nSPS) is 12.1. The van der Waals surface area contributed by atoms with Crippen molar-refractivity contribution in [2.45, 2.75) is 39.5 Å². The van der Waals surface area contributed by atoms with E-state index in [1.54, 1.807) is 0 Å². The number of oxazole rings is 1. The lowest BCUT2D eigenvalue weighted by Gasteiger charge is -2.06. The summed E-state index contributed by atoms with van der Waals surface area (Å²) in [5.74, 6) is 1.43. The quantitative estimate of drug-likeness (QED) is 0.728. The van der Waals surface area contributed by atoms with Gasteiger partial charge in [-0.15, -0.1) is 0 Å². The van der Waals surface area contributed by atoms with Gasteiger partial charge in [0.1, 0.15) is 17.9 Å².